The largest absolute Gasteiger partial charge is 0.467 e. The smallest absolute Gasteiger partial charge is 0.244 e. The van der Waals surface area contributed by atoms with E-state index in [2.05, 4.69) is 44.9 Å². The highest BCUT2D eigenvalue weighted by molar-refractivity contribution is 5.38. The van der Waals surface area contributed by atoms with Crippen LogP contribution in [0.1, 0.15) is 16.9 Å². The molecule has 3 aromatic rings. The first-order valence-electron chi connectivity index (χ1n) is 7.05. The molecule has 0 saturated carbocycles. The third-order valence-corrected chi connectivity index (χ3v) is 3.28. The molecule has 0 radical (unpaired) electrons. The summed E-state index contributed by atoms with van der Waals surface area (Å²) in [7, 11) is 0. The van der Waals surface area contributed by atoms with Gasteiger partial charge in [0.15, 0.2) is 5.82 Å². The molecule has 1 aromatic carbocycles. The van der Waals surface area contributed by atoms with Gasteiger partial charge in [0.25, 0.3) is 0 Å². The number of hydrogen-bond donors (Lipinski definition) is 2. The highest BCUT2D eigenvalue weighted by Gasteiger charge is 2.03. The lowest BCUT2D eigenvalue weighted by atomic mass is 10.1. The molecule has 0 aliphatic rings. The normalized spacial score (nSPS) is 10.4. The number of aryl methyl sites for hydroxylation is 1. The molecule has 0 spiro atoms. The zero-order chi connectivity index (χ0) is 15.2. The van der Waals surface area contributed by atoms with Crippen LogP contribution < -0.4 is 10.6 Å². The highest BCUT2D eigenvalue weighted by Crippen LogP contribution is 2.11. The molecule has 3 rings (SSSR count). The minimum atomic E-state index is 0.493. The van der Waals surface area contributed by atoms with E-state index in [-0.39, 0.29) is 0 Å². The molecule has 22 heavy (non-hydrogen) atoms. The summed E-state index contributed by atoms with van der Waals surface area (Å²) in [5.74, 6) is 1.99. The van der Waals surface area contributed by atoms with Crippen LogP contribution in [0.3, 0.4) is 0 Å². The van der Waals surface area contributed by atoms with E-state index in [4.69, 9.17) is 4.42 Å². The third-order valence-electron chi connectivity index (χ3n) is 3.28. The SMILES string of the molecule is Cc1ccccc1CNc1nncc(NCc2ccco2)n1. The van der Waals surface area contributed by atoms with Crippen LogP contribution in [0.5, 0.6) is 0 Å². The van der Waals surface area contributed by atoms with Gasteiger partial charge in [-0.15, -0.1) is 5.10 Å². The van der Waals surface area contributed by atoms with Crippen LogP contribution in [0.25, 0.3) is 0 Å². The van der Waals surface area contributed by atoms with Crippen LogP contribution in [0.4, 0.5) is 11.8 Å². The zero-order valence-electron chi connectivity index (χ0n) is 12.3. The molecule has 0 amide bonds. The van der Waals surface area contributed by atoms with Crippen molar-refractivity contribution >= 4 is 11.8 Å². The van der Waals surface area contributed by atoms with Gasteiger partial charge in [-0.1, -0.05) is 24.3 Å². The topological polar surface area (TPSA) is 75.9 Å². The predicted octanol–water partition coefficient (Wildman–Crippen LogP) is 3.00. The van der Waals surface area contributed by atoms with Crippen molar-refractivity contribution in [2.75, 3.05) is 10.6 Å². The molecule has 0 bridgehead atoms. The van der Waals surface area contributed by atoms with E-state index in [1.165, 1.54) is 11.1 Å². The number of benzene rings is 1. The Morgan fingerprint density at radius 2 is 1.95 bits per heavy atom. The minimum absolute atomic E-state index is 0.493. The first-order chi connectivity index (χ1) is 10.8. The maximum atomic E-state index is 5.26. The molecule has 6 nitrogen and oxygen atoms in total. The van der Waals surface area contributed by atoms with E-state index in [1.54, 1.807) is 12.5 Å². The van der Waals surface area contributed by atoms with Crippen molar-refractivity contribution in [2.45, 2.75) is 20.0 Å². The third kappa shape index (κ3) is 3.60. The quantitative estimate of drug-likeness (QED) is 0.728. The van der Waals surface area contributed by atoms with E-state index in [1.807, 2.05) is 24.3 Å². The molecular formula is C16H17N5O. The van der Waals surface area contributed by atoms with Crippen molar-refractivity contribution in [3.05, 3.63) is 65.7 Å². The van der Waals surface area contributed by atoms with Gasteiger partial charge in [-0.3, -0.25) is 0 Å². The van der Waals surface area contributed by atoms with Crippen molar-refractivity contribution in [2.24, 2.45) is 0 Å². The molecule has 2 heterocycles. The van der Waals surface area contributed by atoms with Gasteiger partial charge in [0.05, 0.1) is 19.0 Å². The van der Waals surface area contributed by atoms with Gasteiger partial charge in [-0.05, 0) is 30.2 Å². The van der Waals surface area contributed by atoms with Crippen molar-refractivity contribution in [1.29, 1.82) is 0 Å². The van der Waals surface area contributed by atoms with Crippen molar-refractivity contribution < 1.29 is 4.42 Å². The number of aromatic nitrogens is 3. The van der Waals surface area contributed by atoms with Gasteiger partial charge >= 0.3 is 0 Å². The number of nitrogens with zero attached hydrogens (tertiary/aromatic N) is 3. The Balaban J connectivity index is 1.60. The summed E-state index contributed by atoms with van der Waals surface area (Å²) in [5, 5.41) is 14.3. The van der Waals surface area contributed by atoms with E-state index < -0.39 is 0 Å². The number of furan rings is 1. The van der Waals surface area contributed by atoms with Gasteiger partial charge in [0, 0.05) is 6.54 Å². The van der Waals surface area contributed by atoms with Crippen LogP contribution >= 0.6 is 0 Å². The second-order valence-electron chi connectivity index (χ2n) is 4.88. The second-order valence-corrected chi connectivity index (χ2v) is 4.88. The highest BCUT2D eigenvalue weighted by atomic mass is 16.3. The van der Waals surface area contributed by atoms with E-state index >= 15 is 0 Å². The maximum Gasteiger partial charge on any atom is 0.244 e. The van der Waals surface area contributed by atoms with Crippen LogP contribution in [0, 0.1) is 6.92 Å². The molecule has 6 heteroatoms. The molecule has 2 aromatic heterocycles. The summed E-state index contributed by atoms with van der Waals surface area (Å²) in [6.07, 6.45) is 3.23. The molecular weight excluding hydrogens is 278 g/mol. The van der Waals surface area contributed by atoms with Gasteiger partial charge in [-0.2, -0.15) is 10.1 Å². The molecule has 0 saturated heterocycles. The molecule has 2 N–H and O–H groups in total. The number of rotatable bonds is 6. The Morgan fingerprint density at radius 3 is 2.77 bits per heavy atom. The monoisotopic (exact) mass is 295 g/mol. The summed E-state index contributed by atoms with van der Waals surface area (Å²) in [6, 6.07) is 12.0. The van der Waals surface area contributed by atoms with E-state index in [9.17, 15) is 0 Å². The first kappa shape index (κ1) is 14.1. The van der Waals surface area contributed by atoms with Crippen LogP contribution in [0.2, 0.25) is 0 Å². The number of hydrogen-bond acceptors (Lipinski definition) is 6. The molecule has 0 aliphatic carbocycles. The summed E-state index contributed by atoms with van der Waals surface area (Å²) >= 11 is 0. The van der Waals surface area contributed by atoms with Gasteiger partial charge in [0.1, 0.15) is 5.76 Å². The van der Waals surface area contributed by atoms with Crippen LogP contribution in [-0.2, 0) is 13.1 Å². The lowest BCUT2D eigenvalue weighted by Gasteiger charge is -2.08. The Labute approximate surface area is 128 Å². The maximum absolute atomic E-state index is 5.26. The summed E-state index contributed by atoms with van der Waals surface area (Å²) in [4.78, 5) is 4.38. The Morgan fingerprint density at radius 1 is 1.05 bits per heavy atom. The molecule has 0 atom stereocenters. The second kappa shape index (κ2) is 6.71. The summed E-state index contributed by atoms with van der Waals surface area (Å²) in [5.41, 5.74) is 2.44. The Bertz CT molecular complexity index is 727. The van der Waals surface area contributed by atoms with Crippen molar-refractivity contribution in [3.63, 3.8) is 0 Å². The van der Waals surface area contributed by atoms with E-state index in [0.717, 1.165) is 5.76 Å². The molecule has 0 aliphatic heterocycles. The summed E-state index contributed by atoms with van der Waals surface area (Å²) < 4.78 is 5.26. The molecule has 0 fully saturated rings. The fourth-order valence-corrected chi connectivity index (χ4v) is 2.04. The zero-order valence-corrected chi connectivity index (χ0v) is 12.3. The fraction of sp³-hybridized carbons (Fsp3) is 0.188. The van der Waals surface area contributed by atoms with Gasteiger partial charge in [0.2, 0.25) is 5.95 Å². The predicted molar refractivity (Wildman–Crippen MR) is 84.4 cm³/mol. The first-order valence-corrected chi connectivity index (χ1v) is 7.05. The van der Waals surface area contributed by atoms with E-state index in [0.29, 0.717) is 24.9 Å². The molecule has 0 unspecified atom stereocenters. The van der Waals surface area contributed by atoms with Crippen molar-refractivity contribution in [1.82, 2.24) is 15.2 Å². The Hall–Kier alpha value is -2.89. The minimum Gasteiger partial charge on any atom is -0.467 e. The standard InChI is InChI=1S/C16H17N5O/c1-12-5-2-3-6-13(12)9-18-16-20-15(11-19-21-16)17-10-14-7-4-8-22-14/h2-8,11H,9-10H2,1H3,(H2,17,18,20,21). The Kier molecular flexibility index (Phi) is 4.29. The van der Waals surface area contributed by atoms with Crippen molar-refractivity contribution in [3.8, 4) is 0 Å². The van der Waals surface area contributed by atoms with Crippen LogP contribution in [0.15, 0.2) is 53.3 Å². The average molecular weight is 295 g/mol. The van der Waals surface area contributed by atoms with Crippen LogP contribution in [-0.4, -0.2) is 15.2 Å². The fourth-order valence-electron chi connectivity index (χ4n) is 2.04. The number of anilines is 2. The lowest BCUT2D eigenvalue weighted by Crippen LogP contribution is -2.08. The molecule has 112 valence electrons. The van der Waals surface area contributed by atoms with Gasteiger partial charge < -0.3 is 15.1 Å². The average Bonchev–Trinajstić information content (AvgIpc) is 3.06. The summed E-state index contributed by atoms with van der Waals surface area (Å²) in [6.45, 7) is 3.30. The lowest BCUT2D eigenvalue weighted by molar-refractivity contribution is 0.517. The number of nitrogens with one attached hydrogen (secondary N) is 2. The van der Waals surface area contributed by atoms with Gasteiger partial charge in [-0.25, -0.2) is 0 Å².